The van der Waals surface area contributed by atoms with Gasteiger partial charge in [0.1, 0.15) is 0 Å². The lowest BCUT2D eigenvalue weighted by atomic mass is 10.4. The van der Waals surface area contributed by atoms with E-state index in [4.69, 9.17) is 0 Å². The molecule has 0 unspecified atom stereocenters. The van der Waals surface area contributed by atoms with Gasteiger partial charge in [-0.25, -0.2) is 0 Å². The third-order valence-electron chi connectivity index (χ3n) is 1.11. The quantitative estimate of drug-likeness (QED) is 0.514. The molecule has 0 saturated carbocycles. The molecule has 0 atom stereocenters. The number of allylic oxidation sites excluding steroid dienone is 4. The zero-order valence-electron chi connectivity index (χ0n) is 5.39. The third kappa shape index (κ3) is 1.63. The lowest BCUT2D eigenvalue weighted by molar-refractivity contribution is 1.03. The second-order valence-electron chi connectivity index (χ2n) is 1.73. The molecule has 1 aliphatic rings. The van der Waals surface area contributed by atoms with E-state index in [1.165, 1.54) is 0 Å². The molecule has 0 fully saturated rings. The highest BCUT2D eigenvalue weighted by molar-refractivity contribution is 5.27. The van der Waals surface area contributed by atoms with E-state index >= 15 is 0 Å². The highest BCUT2D eigenvalue weighted by Gasteiger charge is 1.82. The molecule has 1 rings (SSSR count). The van der Waals surface area contributed by atoms with Gasteiger partial charge in [0.25, 0.3) is 0 Å². The smallest absolute Gasteiger partial charge is 0.0415 e. The van der Waals surface area contributed by atoms with Crippen LogP contribution in [0.15, 0.2) is 41.8 Å². The molecule has 0 aromatic heterocycles. The molecule has 0 amide bonds. The Morgan fingerprint density at radius 2 is 2.33 bits per heavy atom. The van der Waals surface area contributed by atoms with Gasteiger partial charge < -0.3 is 5.32 Å². The van der Waals surface area contributed by atoms with Crippen molar-refractivity contribution in [1.82, 2.24) is 5.32 Å². The second-order valence-corrected chi connectivity index (χ2v) is 1.73. The zero-order chi connectivity index (χ0) is 6.53. The molecule has 0 bridgehead atoms. The van der Waals surface area contributed by atoms with Gasteiger partial charge in [-0.2, -0.15) is 0 Å². The molecule has 0 aromatic carbocycles. The molecule has 1 heteroatoms. The molecule has 1 nitrogen and oxygen atoms in total. The van der Waals surface area contributed by atoms with Crippen LogP contribution in [-0.4, -0.2) is 7.05 Å². The van der Waals surface area contributed by atoms with Gasteiger partial charge >= 0.3 is 0 Å². The van der Waals surface area contributed by atoms with E-state index in [0.29, 0.717) is 0 Å². The summed E-state index contributed by atoms with van der Waals surface area (Å²) in [5.41, 5.74) is 4.06. The third-order valence-corrected chi connectivity index (χ3v) is 1.11. The highest BCUT2D eigenvalue weighted by atomic mass is 14.8. The van der Waals surface area contributed by atoms with Crippen molar-refractivity contribution < 1.29 is 0 Å². The average molecular weight is 119 g/mol. The Morgan fingerprint density at radius 1 is 1.44 bits per heavy atom. The van der Waals surface area contributed by atoms with E-state index in [1.807, 2.05) is 37.4 Å². The van der Waals surface area contributed by atoms with Crippen molar-refractivity contribution in [3.8, 4) is 0 Å². The summed E-state index contributed by atoms with van der Waals surface area (Å²) in [7, 11) is 1.89. The highest BCUT2D eigenvalue weighted by Crippen LogP contribution is 1.93. The molecular weight excluding hydrogens is 110 g/mol. The van der Waals surface area contributed by atoms with Crippen LogP contribution in [0, 0.1) is 0 Å². The summed E-state index contributed by atoms with van der Waals surface area (Å²) in [6.45, 7) is 0. The van der Waals surface area contributed by atoms with Crippen LogP contribution in [-0.2, 0) is 0 Å². The first-order valence-corrected chi connectivity index (χ1v) is 2.90. The molecule has 0 heterocycles. The van der Waals surface area contributed by atoms with Crippen molar-refractivity contribution in [3.63, 3.8) is 0 Å². The van der Waals surface area contributed by atoms with Crippen LogP contribution < -0.4 is 5.32 Å². The Balaban J connectivity index is 2.82. The van der Waals surface area contributed by atoms with Gasteiger partial charge in [0.15, 0.2) is 0 Å². The topological polar surface area (TPSA) is 12.0 Å². The largest absolute Gasteiger partial charge is 0.388 e. The Hall–Kier alpha value is -1.20. The minimum Gasteiger partial charge on any atom is -0.388 e. The number of hydrogen-bond donors (Lipinski definition) is 1. The zero-order valence-corrected chi connectivity index (χ0v) is 5.39. The standard InChI is InChI=1S/C8H9N/c1-9-8-6-4-2-3-5-7-8/h2-4,6-7,9H,1H3. The van der Waals surface area contributed by atoms with E-state index in [9.17, 15) is 0 Å². The summed E-state index contributed by atoms with van der Waals surface area (Å²) < 4.78 is 0. The summed E-state index contributed by atoms with van der Waals surface area (Å²) in [5, 5.41) is 3.02. The van der Waals surface area contributed by atoms with Crippen LogP contribution >= 0.6 is 0 Å². The second kappa shape index (κ2) is 2.95. The number of rotatable bonds is 1. The summed E-state index contributed by atoms with van der Waals surface area (Å²) in [4.78, 5) is 0. The van der Waals surface area contributed by atoms with E-state index in [1.54, 1.807) is 0 Å². The monoisotopic (exact) mass is 119 g/mol. The van der Waals surface area contributed by atoms with Gasteiger partial charge in [0.2, 0.25) is 0 Å². The minimum absolute atomic E-state index is 1.08. The fourth-order valence-electron chi connectivity index (χ4n) is 0.612. The summed E-state index contributed by atoms with van der Waals surface area (Å²) in [6.07, 6.45) is 9.69. The van der Waals surface area contributed by atoms with E-state index in [2.05, 4.69) is 11.0 Å². The molecule has 1 aliphatic carbocycles. The maximum atomic E-state index is 3.02. The molecule has 0 aliphatic heterocycles. The van der Waals surface area contributed by atoms with Crippen molar-refractivity contribution in [2.75, 3.05) is 7.05 Å². The van der Waals surface area contributed by atoms with Gasteiger partial charge in [-0.15, -0.1) is 5.73 Å². The van der Waals surface area contributed by atoms with Gasteiger partial charge in [0.05, 0.1) is 0 Å². The summed E-state index contributed by atoms with van der Waals surface area (Å²) in [5.74, 6) is 0. The maximum Gasteiger partial charge on any atom is 0.0415 e. The molecule has 0 radical (unpaired) electrons. The van der Waals surface area contributed by atoms with Crippen LogP contribution in [0.3, 0.4) is 0 Å². The van der Waals surface area contributed by atoms with Gasteiger partial charge in [0, 0.05) is 18.8 Å². The van der Waals surface area contributed by atoms with Crippen molar-refractivity contribution >= 4 is 0 Å². The summed E-state index contributed by atoms with van der Waals surface area (Å²) in [6, 6.07) is 0. The number of nitrogens with one attached hydrogen (secondary N) is 1. The molecule has 0 saturated heterocycles. The van der Waals surface area contributed by atoms with E-state index in [0.717, 1.165) is 5.70 Å². The van der Waals surface area contributed by atoms with E-state index in [-0.39, 0.29) is 0 Å². The van der Waals surface area contributed by atoms with Crippen molar-refractivity contribution in [2.24, 2.45) is 0 Å². The molecule has 9 heavy (non-hydrogen) atoms. The Labute approximate surface area is 55.1 Å². The summed E-state index contributed by atoms with van der Waals surface area (Å²) >= 11 is 0. The first kappa shape index (κ1) is 5.93. The first-order valence-electron chi connectivity index (χ1n) is 2.90. The van der Waals surface area contributed by atoms with Crippen molar-refractivity contribution in [3.05, 3.63) is 41.8 Å². The minimum atomic E-state index is 1.08. The van der Waals surface area contributed by atoms with Crippen molar-refractivity contribution in [2.45, 2.75) is 0 Å². The van der Waals surface area contributed by atoms with Crippen LogP contribution in [0.2, 0.25) is 0 Å². The number of hydrogen-bond acceptors (Lipinski definition) is 1. The fraction of sp³-hybridized carbons (Fsp3) is 0.125. The Bertz CT molecular complexity index is 203. The van der Waals surface area contributed by atoms with Crippen LogP contribution in [0.4, 0.5) is 0 Å². The Kier molecular flexibility index (Phi) is 1.95. The molecule has 1 N–H and O–H groups in total. The fourth-order valence-corrected chi connectivity index (χ4v) is 0.612. The number of likely N-dealkylation sites (N-methyl/N-ethyl adjacent to an activating group) is 1. The lowest BCUT2D eigenvalue weighted by Crippen LogP contribution is -2.01. The predicted molar refractivity (Wildman–Crippen MR) is 38.9 cm³/mol. The first-order chi connectivity index (χ1) is 4.43. The molecule has 46 valence electrons. The van der Waals surface area contributed by atoms with Gasteiger partial charge in [-0.3, -0.25) is 0 Å². The Morgan fingerprint density at radius 3 is 3.11 bits per heavy atom. The van der Waals surface area contributed by atoms with Crippen LogP contribution in [0.1, 0.15) is 0 Å². The normalized spacial score (nSPS) is 15.0. The average Bonchev–Trinajstić information content (AvgIpc) is 2.13. The molecule has 0 aromatic rings. The molecular formula is C8H9N. The van der Waals surface area contributed by atoms with Crippen molar-refractivity contribution in [1.29, 1.82) is 0 Å². The molecule has 0 spiro atoms. The van der Waals surface area contributed by atoms with Gasteiger partial charge in [-0.05, 0) is 12.2 Å². The van der Waals surface area contributed by atoms with Crippen LogP contribution in [0.5, 0.6) is 0 Å². The van der Waals surface area contributed by atoms with Crippen LogP contribution in [0.25, 0.3) is 0 Å². The predicted octanol–water partition coefficient (Wildman–Crippen LogP) is 1.37. The SMILES string of the molecule is CNC1=CC=CC=C=C1. The lowest BCUT2D eigenvalue weighted by Gasteiger charge is -1.93. The van der Waals surface area contributed by atoms with E-state index < -0.39 is 0 Å². The van der Waals surface area contributed by atoms with Gasteiger partial charge in [-0.1, -0.05) is 12.2 Å². The maximum absolute atomic E-state index is 3.02.